The van der Waals surface area contributed by atoms with E-state index in [-0.39, 0.29) is 6.04 Å². The van der Waals surface area contributed by atoms with E-state index in [0.717, 1.165) is 28.9 Å². The van der Waals surface area contributed by atoms with Crippen molar-refractivity contribution in [1.29, 1.82) is 0 Å². The molecule has 0 amide bonds. The van der Waals surface area contributed by atoms with Crippen LogP contribution in [-0.2, 0) is 6.42 Å². The lowest BCUT2D eigenvalue weighted by molar-refractivity contribution is 0.174. The molecule has 4 rings (SSSR count). The quantitative estimate of drug-likeness (QED) is 0.854. The Labute approximate surface area is 132 Å². The van der Waals surface area contributed by atoms with E-state index in [4.69, 9.17) is 9.47 Å². The number of fused-ring (bicyclic) bond motifs is 2. The molecule has 0 aromatic heterocycles. The van der Waals surface area contributed by atoms with E-state index in [1.54, 1.807) is 0 Å². The molecule has 0 radical (unpaired) electrons. The van der Waals surface area contributed by atoms with E-state index >= 15 is 0 Å². The van der Waals surface area contributed by atoms with Gasteiger partial charge in [0, 0.05) is 11.0 Å². The van der Waals surface area contributed by atoms with Crippen LogP contribution in [0.3, 0.4) is 0 Å². The highest BCUT2D eigenvalue weighted by atomic mass is 79.9. The highest BCUT2D eigenvalue weighted by Crippen LogP contribution is 2.40. The summed E-state index contributed by atoms with van der Waals surface area (Å²) < 4.78 is 12.1. The maximum absolute atomic E-state index is 5.54. The minimum absolute atomic E-state index is 0.208. The molecule has 2 aromatic carbocycles. The summed E-state index contributed by atoms with van der Waals surface area (Å²) in [6.45, 7) is 3.42. The lowest BCUT2D eigenvalue weighted by atomic mass is 9.89. The monoisotopic (exact) mass is 345 g/mol. The molecule has 2 aliphatic rings. The second-order valence-corrected chi connectivity index (χ2v) is 6.52. The summed E-state index contributed by atoms with van der Waals surface area (Å²) in [6, 6.07) is 11.0. The Kier molecular flexibility index (Phi) is 3.16. The largest absolute Gasteiger partial charge is 0.454 e. The number of hydrogen-bond acceptors (Lipinski definition) is 3. The van der Waals surface area contributed by atoms with Crippen LogP contribution in [0.5, 0.6) is 11.5 Å². The first-order valence-electron chi connectivity index (χ1n) is 7.13. The van der Waals surface area contributed by atoms with Crippen LogP contribution in [-0.4, -0.2) is 13.3 Å². The molecular weight excluding hydrogens is 330 g/mol. The Hall–Kier alpha value is -1.52. The molecule has 0 fully saturated rings. The van der Waals surface area contributed by atoms with Gasteiger partial charge in [0.15, 0.2) is 11.5 Å². The van der Waals surface area contributed by atoms with Crippen LogP contribution in [0.15, 0.2) is 34.8 Å². The molecule has 21 heavy (non-hydrogen) atoms. The number of benzene rings is 2. The fraction of sp³-hybridized carbons (Fsp3) is 0.294. The smallest absolute Gasteiger partial charge is 0.231 e. The zero-order chi connectivity index (χ0) is 14.4. The van der Waals surface area contributed by atoms with E-state index in [0.29, 0.717) is 6.79 Å². The molecule has 3 nitrogen and oxygen atoms in total. The van der Waals surface area contributed by atoms with Gasteiger partial charge in [-0.05, 0) is 59.9 Å². The van der Waals surface area contributed by atoms with Gasteiger partial charge in [0.1, 0.15) is 0 Å². The Morgan fingerprint density at radius 2 is 1.90 bits per heavy atom. The second-order valence-electron chi connectivity index (χ2n) is 5.60. The van der Waals surface area contributed by atoms with Gasteiger partial charge < -0.3 is 14.8 Å². The van der Waals surface area contributed by atoms with Crippen molar-refractivity contribution in [2.75, 3.05) is 13.3 Å². The first kappa shape index (κ1) is 13.2. The minimum atomic E-state index is 0.208. The van der Waals surface area contributed by atoms with Crippen molar-refractivity contribution in [3.63, 3.8) is 0 Å². The van der Waals surface area contributed by atoms with Gasteiger partial charge in [0.05, 0.1) is 6.04 Å². The molecule has 2 aromatic rings. The highest BCUT2D eigenvalue weighted by Gasteiger charge is 2.26. The summed E-state index contributed by atoms with van der Waals surface area (Å²) in [4.78, 5) is 0. The summed E-state index contributed by atoms with van der Waals surface area (Å²) in [5.74, 6) is 1.73. The molecule has 0 spiro atoms. The number of ether oxygens (including phenoxy) is 2. The molecular formula is C17H16BrNO2. The molecule has 2 aliphatic heterocycles. The highest BCUT2D eigenvalue weighted by molar-refractivity contribution is 9.10. The average Bonchev–Trinajstić information content (AvgIpc) is 2.90. The predicted molar refractivity (Wildman–Crippen MR) is 85.0 cm³/mol. The van der Waals surface area contributed by atoms with Gasteiger partial charge in [-0.3, -0.25) is 0 Å². The van der Waals surface area contributed by atoms with E-state index < -0.39 is 0 Å². The van der Waals surface area contributed by atoms with Crippen LogP contribution in [0.25, 0.3) is 0 Å². The summed E-state index contributed by atoms with van der Waals surface area (Å²) in [5, 5.41) is 3.62. The molecule has 0 aliphatic carbocycles. The van der Waals surface area contributed by atoms with Gasteiger partial charge in [-0.15, -0.1) is 0 Å². The van der Waals surface area contributed by atoms with Crippen molar-refractivity contribution >= 4 is 15.9 Å². The van der Waals surface area contributed by atoms with Crippen molar-refractivity contribution in [1.82, 2.24) is 5.32 Å². The predicted octanol–water partition coefficient (Wildman–Crippen LogP) is 3.72. The van der Waals surface area contributed by atoms with Gasteiger partial charge in [-0.2, -0.15) is 0 Å². The Balaban J connectivity index is 1.82. The van der Waals surface area contributed by atoms with E-state index in [2.05, 4.69) is 58.5 Å². The normalized spacial score (nSPS) is 19.4. The van der Waals surface area contributed by atoms with Crippen LogP contribution in [0.2, 0.25) is 0 Å². The third-order valence-electron chi connectivity index (χ3n) is 4.09. The lowest BCUT2D eigenvalue weighted by Gasteiger charge is -2.28. The third-order valence-corrected chi connectivity index (χ3v) is 4.54. The Morgan fingerprint density at radius 3 is 2.71 bits per heavy atom. The molecule has 2 heterocycles. The average molecular weight is 346 g/mol. The first-order valence-corrected chi connectivity index (χ1v) is 7.93. The molecule has 0 saturated heterocycles. The van der Waals surface area contributed by atoms with Gasteiger partial charge in [-0.1, -0.05) is 22.0 Å². The fourth-order valence-electron chi connectivity index (χ4n) is 3.17. The zero-order valence-corrected chi connectivity index (χ0v) is 13.4. The third kappa shape index (κ3) is 2.32. The van der Waals surface area contributed by atoms with Gasteiger partial charge in [0.2, 0.25) is 6.79 Å². The first-order chi connectivity index (χ1) is 10.2. The molecule has 108 valence electrons. The van der Waals surface area contributed by atoms with Crippen LogP contribution in [0.1, 0.15) is 28.3 Å². The fourth-order valence-corrected chi connectivity index (χ4v) is 3.80. The van der Waals surface area contributed by atoms with Gasteiger partial charge >= 0.3 is 0 Å². The second kappa shape index (κ2) is 5.04. The number of nitrogens with one attached hydrogen (secondary N) is 1. The standard InChI is InChI=1S/C17H16BrNO2/c1-10-4-12(6-13(18)5-10)17-14-8-16-15(20-9-21-16)7-11(14)2-3-19-17/h4-8,17,19H,2-3,9H2,1H3. The van der Waals surface area contributed by atoms with Crippen molar-refractivity contribution in [3.05, 3.63) is 57.1 Å². The molecule has 0 saturated carbocycles. The minimum Gasteiger partial charge on any atom is -0.454 e. The summed E-state index contributed by atoms with van der Waals surface area (Å²) in [5.41, 5.74) is 5.18. The maximum Gasteiger partial charge on any atom is 0.231 e. The van der Waals surface area contributed by atoms with Crippen molar-refractivity contribution in [2.45, 2.75) is 19.4 Å². The van der Waals surface area contributed by atoms with Crippen LogP contribution in [0.4, 0.5) is 0 Å². The van der Waals surface area contributed by atoms with Crippen molar-refractivity contribution in [3.8, 4) is 11.5 Å². The van der Waals surface area contributed by atoms with Crippen molar-refractivity contribution < 1.29 is 9.47 Å². The van der Waals surface area contributed by atoms with E-state index in [1.807, 2.05) is 0 Å². The molecule has 1 atom stereocenters. The van der Waals surface area contributed by atoms with Crippen LogP contribution in [0, 0.1) is 6.92 Å². The number of aryl methyl sites for hydroxylation is 1. The lowest BCUT2D eigenvalue weighted by Crippen LogP contribution is -2.30. The molecule has 4 heteroatoms. The summed E-state index contributed by atoms with van der Waals surface area (Å²) >= 11 is 3.60. The number of halogens is 1. The van der Waals surface area contributed by atoms with Crippen LogP contribution >= 0.6 is 15.9 Å². The number of hydrogen-bond donors (Lipinski definition) is 1. The maximum atomic E-state index is 5.54. The SMILES string of the molecule is Cc1cc(Br)cc(C2NCCc3cc4c(cc32)OCO4)c1. The molecule has 1 unspecified atom stereocenters. The van der Waals surface area contributed by atoms with Gasteiger partial charge in [-0.25, -0.2) is 0 Å². The molecule has 0 bridgehead atoms. The summed E-state index contributed by atoms with van der Waals surface area (Å²) in [6.07, 6.45) is 1.02. The topological polar surface area (TPSA) is 30.5 Å². The summed E-state index contributed by atoms with van der Waals surface area (Å²) in [7, 11) is 0. The van der Waals surface area contributed by atoms with Crippen LogP contribution < -0.4 is 14.8 Å². The zero-order valence-electron chi connectivity index (χ0n) is 11.8. The van der Waals surface area contributed by atoms with Gasteiger partial charge in [0.25, 0.3) is 0 Å². The number of rotatable bonds is 1. The van der Waals surface area contributed by atoms with Crippen molar-refractivity contribution in [2.24, 2.45) is 0 Å². The molecule has 1 N–H and O–H groups in total. The van der Waals surface area contributed by atoms with E-state index in [9.17, 15) is 0 Å². The van der Waals surface area contributed by atoms with E-state index in [1.165, 1.54) is 22.3 Å². The Bertz CT molecular complexity index is 694. The Morgan fingerprint density at radius 1 is 1.10 bits per heavy atom.